The molecule has 0 saturated carbocycles. The highest BCUT2D eigenvalue weighted by Gasteiger charge is 2.15. The van der Waals surface area contributed by atoms with Crippen LogP contribution in [-0.2, 0) is 19.6 Å². The number of methoxy groups -OCH3 is 1. The van der Waals surface area contributed by atoms with Crippen molar-refractivity contribution >= 4 is 27.8 Å². The minimum absolute atomic E-state index is 0.121. The van der Waals surface area contributed by atoms with Crippen LogP contribution >= 0.6 is 0 Å². The van der Waals surface area contributed by atoms with Crippen LogP contribution in [0.1, 0.15) is 16.9 Å². The van der Waals surface area contributed by atoms with Gasteiger partial charge in [-0.15, -0.1) is 0 Å². The number of aromatic carboxylic acids is 1. The highest BCUT2D eigenvalue weighted by molar-refractivity contribution is 7.92. The Hall–Kier alpha value is -2.16. The predicted octanol–water partition coefficient (Wildman–Crippen LogP) is 0.0846. The van der Waals surface area contributed by atoms with Gasteiger partial charge >= 0.3 is 11.9 Å². The highest BCUT2D eigenvalue weighted by Crippen LogP contribution is 2.08. The SMILES string of the molecule is COC(=O)CCS(=O)(=O)Nc1cccc(C(=O)O)n1. The molecule has 8 nitrogen and oxygen atoms in total. The maximum absolute atomic E-state index is 11.6. The lowest BCUT2D eigenvalue weighted by Crippen LogP contribution is -2.20. The molecule has 1 heterocycles. The van der Waals surface area contributed by atoms with E-state index in [9.17, 15) is 18.0 Å². The number of carbonyl (C=O) groups excluding carboxylic acids is 1. The van der Waals surface area contributed by atoms with Crippen molar-refractivity contribution in [2.24, 2.45) is 0 Å². The summed E-state index contributed by atoms with van der Waals surface area (Å²) in [4.78, 5) is 25.1. The molecule has 19 heavy (non-hydrogen) atoms. The number of anilines is 1. The molecule has 0 radical (unpaired) electrons. The number of pyridine rings is 1. The number of carboxylic acids is 1. The fraction of sp³-hybridized carbons (Fsp3) is 0.300. The van der Waals surface area contributed by atoms with Gasteiger partial charge in [-0.25, -0.2) is 18.2 Å². The third-order valence-electron chi connectivity index (χ3n) is 2.03. The van der Waals surface area contributed by atoms with Gasteiger partial charge in [-0.1, -0.05) is 6.07 Å². The monoisotopic (exact) mass is 288 g/mol. The van der Waals surface area contributed by atoms with Crippen molar-refractivity contribution < 1.29 is 27.9 Å². The summed E-state index contributed by atoms with van der Waals surface area (Å²) in [5.74, 6) is -2.52. The molecule has 1 aromatic rings. The molecule has 0 aliphatic carbocycles. The first-order chi connectivity index (χ1) is 8.84. The second-order valence-electron chi connectivity index (χ2n) is 3.46. The Morgan fingerprint density at radius 2 is 2.11 bits per heavy atom. The number of sulfonamides is 1. The van der Waals surface area contributed by atoms with E-state index in [1.54, 1.807) is 0 Å². The summed E-state index contributed by atoms with van der Waals surface area (Å²) in [6, 6.07) is 3.89. The van der Waals surface area contributed by atoms with Crippen molar-refractivity contribution in [2.75, 3.05) is 17.6 Å². The third-order valence-corrected chi connectivity index (χ3v) is 3.29. The van der Waals surface area contributed by atoms with Crippen LogP contribution in [0.4, 0.5) is 5.82 Å². The number of carboxylic acid groups (broad SMARTS) is 1. The van der Waals surface area contributed by atoms with Crippen LogP contribution in [0, 0.1) is 0 Å². The first kappa shape index (κ1) is 14.9. The largest absolute Gasteiger partial charge is 0.477 e. The lowest BCUT2D eigenvalue weighted by molar-refractivity contribution is -0.140. The second-order valence-corrected chi connectivity index (χ2v) is 5.30. The van der Waals surface area contributed by atoms with Crippen molar-refractivity contribution in [3.8, 4) is 0 Å². The number of hydrogen-bond acceptors (Lipinski definition) is 6. The van der Waals surface area contributed by atoms with Crippen molar-refractivity contribution in [1.82, 2.24) is 4.98 Å². The van der Waals surface area contributed by atoms with Gasteiger partial charge < -0.3 is 9.84 Å². The molecule has 1 aromatic heterocycles. The number of aromatic nitrogens is 1. The summed E-state index contributed by atoms with van der Waals surface area (Å²) in [7, 11) is -2.64. The summed E-state index contributed by atoms with van der Waals surface area (Å²) >= 11 is 0. The molecule has 0 unspecified atom stereocenters. The second kappa shape index (κ2) is 6.14. The zero-order valence-electron chi connectivity index (χ0n) is 9.99. The van der Waals surface area contributed by atoms with Crippen LogP contribution < -0.4 is 4.72 Å². The minimum Gasteiger partial charge on any atom is -0.477 e. The van der Waals surface area contributed by atoms with Gasteiger partial charge in [0.1, 0.15) is 5.82 Å². The molecular weight excluding hydrogens is 276 g/mol. The maximum atomic E-state index is 11.6. The van der Waals surface area contributed by atoms with E-state index in [-0.39, 0.29) is 17.9 Å². The van der Waals surface area contributed by atoms with E-state index in [1.807, 2.05) is 0 Å². The molecule has 104 valence electrons. The number of rotatable bonds is 6. The minimum atomic E-state index is -3.79. The molecule has 0 aliphatic rings. The summed E-state index contributed by atoms with van der Waals surface area (Å²) < 4.78 is 29.6. The Balaban J connectivity index is 2.75. The fourth-order valence-electron chi connectivity index (χ4n) is 1.14. The van der Waals surface area contributed by atoms with Gasteiger partial charge in [-0.2, -0.15) is 0 Å². The van der Waals surface area contributed by atoms with Crippen LogP contribution in [-0.4, -0.2) is 43.3 Å². The Bertz CT molecular complexity index is 583. The number of ether oxygens (including phenoxy) is 1. The molecular formula is C10H12N2O6S. The number of hydrogen-bond donors (Lipinski definition) is 2. The van der Waals surface area contributed by atoms with Crippen molar-refractivity contribution in [3.63, 3.8) is 0 Å². The molecule has 9 heteroatoms. The van der Waals surface area contributed by atoms with Gasteiger partial charge in [0.15, 0.2) is 5.69 Å². The average Bonchev–Trinajstić information content (AvgIpc) is 2.35. The van der Waals surface area contributed by atoms with Crippen LogP contribution in [0.15, 0.2) is 18.2 Å². The first-order valence-corrected chi connectivity index (χ1v) is 6.77. The van der Waals surface area contributed by atoms with Crippen molar-refractivity contribution in [3.05, 3.63) is 23.9 Å². The van der Waals surface area contributed by atoms with E-state index < -0.39 is 27.7 Å². The van der Waals surface area contributed by atoms with Gasteiger partial charge in [0.25, 0.3) is 0 Å². The molecule has 0 spiro atoms. The third kappa shape index (κ3) is 4.92. The van der Waals surface area contributed by atoms with Gasteiger partial charge in [-0.3, -0.25) is 9.52 Å². The Labute approximate surface area is 109 Å². The van der Waals surface area contributed by atoms with E-state index in [0.717, 1.165) is 7.11 Å². The Morgan fingerprint density at radius 1 is 1.42 bits per heavy atom. The molecule has 0 saturated heterocycles. The zero-order valence-corrected chi connectivity index (χ0v) is 10.8. The summed E-state index contributed by atoms with van der Waals surface area (Å²) in [5, 5.41) is 8.71. The van der Waals surface area contributed by atoms with Gasteiger partial charge in [0.2, 0.25) is 10.0 Å². The Morgan fingerprint density at radius 3 is 2.68 bits per heavy atom. The van der Waals surface area contributed by atoms with E-state index in [2.05, 4.69) is 14.4 Å². The highest BCUT2D eigenvalue weighted by atomic mass is 32.2. The van der Waals surface area contributed by atoms with Gasteiger partial charge in [-0.05, 0) is 12.1 Å². The maximum Gasteiger partial charge on any atom is 0.354 e. The van der Waals surface area contributed by atoms with Crippen LogP contribution in [0.25, 0.3) is 0 Å². The smallest absolute Gasteiger partial charge is 0.354 e. The van der Waals surface area contributed by atoms with Crippen LogP contribution in [0.5, 0.6) is 0 Å². The van der Waals surface area contributed by atoms with Crippen molar-refractivity contribution in [1.29, 1.82) is 0 Å². The van der Waals surface area contributed by atoms with E-state index >= 15 is 0 Å². The average molecular weight is 288 g/mol. The number of nitrogens with zero attached hydrogens (tertiary/aromatic N) is 1. The summed E-state index contributed by atoms with van der Waals surface area (Å²) in [6.45, 7) is 0. The first-order valence-electron chi connectivity index (χ1n) is 5.12. The normalized spacial score (nSPS) is 10.8. The molecule has 0 aromatic carbocycles. The number of nitrogens with one attached hydrogen (secondary N) is 1. The van der Waals surface area contributed by atoms with Gasteiger partial charge in [0, 0.05) is 0 Å². The predicted molar refractivity (Wildman–Crippen MR) is 65.2 cm³/mol. The molecule has 0 bridgehead atoms. The number of esters is 1. The van der Waals surface area contributed by atoms with Crippen LogP contribution in [0.3, 0.4) is 0 Å². The lowest BCUT2D eigenvalue weighted by Gasteiger charge is -2.07. The van der Waals surface area contributed by atoms with E-state index in [1.165, 1.54) is 18.2 Å². The fourth-order valence-corrected chi connectivity index (χ4v) is 2.11. The number of carbonyl (C=O) groups is 2. The molecule has 1 rings (SSSR count). The Kier molecular flexibility index (Phi) is 4.81. The van der Waals surface area contributed by atoms with E-state index in [0.29, 0.717) is 0 Å². The molecule has 0 aliphatic heterocycles. The zero-order chi connectivity index (χ0) is 14.5. The lowest BCUT2D eigenvalue weighted by atomic mass is 10.3. The van der Waals surface area contributed by atoms with E-state index in [4.69, 9.17) is 5.11 Å². The van der Waals surface area contributed by atoms with Crippen molar-refractivity contribution in [2.45, 2.75) is 6.42 Å². The van der Waals surface area contributed by atoms with Gasteiger partial charge in [0.05, 0.1) is 19.3 Å². The topological polar surface area (TPSA) is 123 Å². The van der Waals surface area contributed by atoms with Crippen LogP contribution in [0.2, 0.25) is 0 Å². The quantitative estimate of drug-likeness (QED) is 0.711. The summed E-state index contributed by atoms with van der Waals surface area (Å²) in [6.07, 6.45) is -0.301. The molecule has 0 amide bonds. The summed E-state index contributed by atoms with van der Waals surface area (Å²) in [5.41, 5.74) is -0.284. The molecule has 2 N–H and O–H groups in total. The standard InChI is InChI=1S/C10H12N2O6S/c1-18-9(13)5-6-19(16,17)12-8-4-2-3-7(11-8)10(14)15/h2-4H,5-6H2,1H3,(H,11,12)(H,14,15). The molecule has 0 atom stereocenters. The molecule has 0 fully saturated rings.